The molecule has 0 radical (unpaired) electrons. The van der Waals surface area contributed by atoms with Crippen molar-refractivity contribution in [2.45, 2.75) is 25.7 Å². The van der Waals surface area contributed by atoms with Gasteiger partial charge in [0.15, 0.2) is 11.6 Å². The highest BCUT2D eigenvalue weighted by Crippen LogP contribution is 2.31. The number of rotatable bonds is 6. The molecule has 0 spiro atoms. The van der Waals surface area contributed by atoms with Crippen LogP contribution in [0.5, 0.6) is 5.75 Å². The lowest BCUT2D eigenvalue weighted by molar-refractivity contribution is -0.141. The third-order valence-corrected chi connectivity index (χ3v) is 5.84. The maximum Gasteiger partial charge on any atom is 0.439 e. The summed E-state index contributed by atoms with van der Waals surface area (Å²) in [5, 5.41) is 16.6. The molecule has 1 amide bonds. The number of ether oxygens (including phenoxy) is 3. The highest BCUT2D eigenvalue weighted by atomic mass is 16.7. The summed E-state index contributed by atoms with van der Waals surface area (Å²) in [5.74, 6) is -1.07. The number of aryl methyl sites for hydroxylation is 1. The number of carbonyl (C=O) groups is 1. The molecule has 0 bridgehead atoms. The number of H-pyrrole nitrogens is 1. The molecule has 4 aromatic rings. The molecule has 3 heterocycles. The fourth-order valence-corrected chi connectivity index (χ4v) is 4.19. The zero-order valence-corrected chi connectivity index (χ0v) is 19.8. The van der Waals surface area contributed by atoms with Gasteiger partial charge in [0.2, 0.25) is 0 Å². The monoisotopic (exact) mass is 489 g/mol. The molecule has 2 aromatic heterocycles. The fraction of sp³-hybridized carbons (Fsp3) is 0.280. The van der Waals surface area contributed by atoms with Crippen molar-refractivity contribution in [3.8, 4) is 23.2 Å². The molecular formula is C25H23N5O6. The van der Waals surface area contributed by atoms with Crippen molar-refractivity contribution in [1.29, 1.82) is 5.26 Å². The molecule has 2 N–H and O–H groups in total. The zero-order valence-electron chi connectivity index (χ0n) is 19.8. The quantitative estimate of drug-likeness (QED) is 0.420. The number of nitrogens with one attached hydrogen (secondary N) is 2. The second-order valence-corrected chi connectivity index (χ2v) is 8.81. The Morgan fingerprint density at radius 2 is 2.17 bits per heavy atom. The van der Waals surface area contributed by atoms with Crippen LogP contribution in [-0.4, -0.2) is 45.7 Å². The minimum Gasteiger partial charge on any atom is -0.489 e. The molecule has 1 aliphatic heterocycles. The highest BCUT2D eigenvalue weighted by Gasteiger charge is 2.33. The first-order valence-electron chi connectivity index (χ1n) is 11.2. The Hall–Kier alpha value is -4.40. The molecule has 1 aliphatic rings. The predicted octanol–water partition coefficient (Wildman–Crippen LogP) is 3.18. The first kappa shape index (κ1) is 23.3. The average Bonchev–Trinajstić information content (AvgIpc) is 3.54. The lowest BCUT2D eigenvalue weighted by Crippen LogP contribution is -2.25. The first-order chi connectivity index (χ1) is 17.2. The van der Waals surface area contributed by atoms with Crippen LogP contribution in [0, 0.1) is 11.3 Å². The van der Waals surface area contributed by atoms with Crippen molar-refractivity contribution in [3.63, 3.8) is 0 Å². The van der Waals surface area contributed by atoms with Crippen LogP contribution in [-0.2, 0) is 16.5 Å². The van der Waals surface area contributed by atoms with E-state index in [-0.39, 0.29) is 11.9 Å². The van der Waals surface area contributed by atoms with Gasteiger partial charge in [-0.05, 0) is 44.2 Å². The predicted molar refractivity (Wildman–Crippen MR) is 129 cm³/mol. The number of hydrogen-bond donors (Lipinski definition) is 2. The summed E-state index contributed by atoms with van der Waals surface area (Å²) < 4.78 is 23.8. The Morgan fingerprint density at radius 1 is 1.33 bits per heavy atom. The van der Waals surface area contributed by atoms with Crippen LogP contribution in [0.1, 0.15) is 29.9 Å². The normalized spacial score (nSPS) is 16.7. The Bertz CT molecular complexity index is 1560. The van der Waals surface area contributed by atoms with E-state index in [1.54, 1.807) is 29.8 Å². The van der Waals surface area contributed by atoms with Gasteiger partial charge in [0.1, 0.15) is 24.2 Å². The van der Waals surface area contributed by atoms with E-state index in [4.69, 9.17) is 14.2 Å². The number of nitriles is 1. The van der Waals surface area contributed by atoms with Crippen molar-refractivity contribution in [3.05, 3.63) is 64.3 Å². The van der Waals surface area contributed by atoms with Crippen molar-refractivity contribution >= 4 is 22.5 Å². The van der Waals surface area contributed by atoms with E-state index in [2.05, 4.69) is 20.0 Å². The van der Waals surface area contributed by atoms with Crippen LogP contribution < -0.4 is 15.8 Å². The molecule has 0 saturated carbocycles. The minimum absolute atomic E-state index is 0.0985. The maximum atomic E-state index is 13.3. The SMILES string of the molecule is Cn1c(C(=O)Nc2ccc(C#N)cc2-c2noc(=O)[nH]2)cc2cccc(OC[C@H]3COC(C)(C)O3)c21. The number of benzene rings is 2. The number of carbonyl (C=O) groups excluding carboxylic acids is 1. The number of nitrogens with zero attached hydrogens (tertiary/aromatic N) is 3. The topological polar surface area (TPSA) is 144 Å². The van der Waals surface area contributed by atoms with Gasteiger partial charge in [0, 0.05) is 18.0 Å². The van der Waals surface area contributed by atoms with Crippen LogP contribution in [0.2, 0.25) is 0 Å². The van der Waals surface area contributed by atoms with Gasteiger partial charge in [-0.2, -0.15) is 5.26 Å². The second-order valence-electron chi connectivity index (χ2n) is 8.81. The standard InChI is InChI=1S/C25H23N5O6/c1-25(2)34-13-16(35-25)12-33-20-6-4-5-15-10-19(30(3)21(15)20)23(31)27-18-8-7-14(11-26)9-17(18)22-28-24(32)36-29-22/h4-10,16H,12-13H2,1-3H3,(H,27,31)(H,28,29,32)/t16-/m0/s1. The van der Waals surface area contributed by atoms with E-state index in [1.165, 1.54) is 6.07 Å². The summed E-state index contributed by atoms with van der Waals surface area (Å²) in [4.78, 5) is 27.2. The summed E-state index contributed by atoms with van der Waals surface area (Å²) in [6.45, 7) is 4.46. The third kappa shape index (κ3) is 4.47. The molecule has 1 fully saturated rings. The Labute approximate surface area is 205 Å². The van der Waals surface area contributed by atoms with E-state index in [0.717, 1.165) is 10.9 Å². The van der Waals surface area contributed by atoms with Gasteiger partial charge >= 0.3 is 5.76 Å². The molecule has 5 rings (SSSR count). The van der Waals surface area contributed by atoms with E-state index >= 15 is 0 Å². The highest BCUT2D eigenvalue weighted by molar-refractivity contribution is 6.08. The van der Waals surface area contributed by atoms with E-state index in [1.807, 2.05) is 38.1 Å². The van der Waals surface area contributed by atoms with Crippen LogP contribution in [0.25, 0.3) is 22.3 Å². The number of anilines is 1. The number of para-hydroxylation sites is 1. The van der Waals surface area contributed by atoms with Gasteiger partial charge in [-0.1, -0.05) is 17.3 Å². The summed E-state index contributed by atoms with van der Waals surface area (Å²) in [7, 11) is 1.78. The smallest absolute Gasteiger partial charge is 0.439 e. The first-order valence-corrected chi connectivity index (χ1v) is 11.2. The molecule has 11 nitrogen and oxygen atoms in total. The molecule has 0 aliphatic carbocycles. The van der Waals surface area contributed by atoms with Crippen LogP contribution in [0.3, 0.4) is 0 Å². The summed E-state index contributed by atoms with van der Waals surface area (Å²) in [6.07, 6.45) is -0.198. The fourth-order valence-electron chi connectivity index (χ4n) is 4.19. The van der Waals surface area contributed by atoms with Gasteiger partial charge in [0.25, 0.3) is 5.91 Å². The van der Waals surface area contributed by atoms with Crippen molar-refractivity contribution < 1.29 is 23.5 Å². The average molecular weight is 489 g/mol. The molecule has 2 aromatic carbocycles. The second kappa shape index (κ2) is 8.99. The van der Waals surface area contributed by atoms with Crippen LogP contribution in [0.4, 0.5) is 5.69 Å². The largest absolute Gasteiger partial charge is 0.489 e. The number of amides is 1. The molecule has 0 unspecified atom stereocenters. The summed E-state index contributed by atoms with van der Waals surface area (Å²) in [6, 6.07) is 14.0. The van der Waals surface area contributed by atoms with Crippen LogP contribution >= 0.6 is 0 Å². The molecule has 184 valence electrons. The lowest BCUT2D eigenvalue weighted by atomic mass is 10.1. The molecule has 1 atom stereocenters. The molecular weight excluding hydrogens is 466 g/mol. The van der Waals surface area contributed by atoms with Crippen molar-refractivity contribution in [2.24, 2.45) is 7.05 Å². The van der Waals surface area contributed by atoms with Gasteiger partial charge in [0.05, 0.1) is 29.4 Å². The molecule has 11 heteroatoms. The Morgan fingerprint density at radius 3 is 2.86 bits per heavy atom. The number of fused-ring (bicyclic) bond motifs is 1. The van der Waals surface area contributed by atoms with Gasteiger partial charge in [-0.3, -0.25) is 14.3 Å². The van der Waals surface area contributed by atoms with Gasteiger partial charge in [-0.15, -0.1) is 0 Å². The van der Waals surface area contributed by atoms with Crippen molar-refractivity contribution in [1.82, 2.24) is 14.7 Å². The number of aromatic nitrogens is 3. The molecule has 36 heavy (non-hydrogen) atoms. The van der Waals surface area contributed by atoms with Crippen LogP contribution in [0.15, 0.2) is 51.8 Å². The van der Waals surface area contributed by atoms with E-state index in [0.29, 0.717) is 41.5 Å². The zero-order chi connectivity index (χ0) is 25.4. The van der Waals surface area contributed by atoms with Gasteiger partial charge in [-0.25, -0.2) is 4.79 Å². The summed E-state index contributed by atoms with van der Waals surface area (Å²) >= 11 is 0. The van der Waals surface area contributed by atoms with E-state index in [9.17, 15) is 14.9 Å². The molecule has 1 saturated heterocycles. The van der Waals surface area contributed by atoms with Gasteiger partial charge < -0.3 is 24.1 Å². The lowest BCUT2D eigenvalue weighted by Gasteiger charge is -2.17. The summed E-state index contributed by atoms with van der Waals surface area (Å²) in [5.41, 5.74) is 2.16. The third-order valence-electron chi connectivity index (χ3n) is 5.84. The van der Waals surface area contributed by atoms with Crippen molar-refractivity contribution in [2.75, 3.05) is 18.5 Å². The number of hydrogen-bond acceptors (Lipinski definition) is 8. The van der Waals surface area contributed by atoms with E-state index < -0.39 is 17.5 Å². The minimum atomic E-state index is -0.746. The number of aromatic amines is 1. The Balaban J connectivity index is 1.42. The Kier molecular flexibility index (Phi) is 5.83. The maximum absolute atomic E-state index is 13.3.